The third-order valence-electron chi connectivity index (χ3n) is 3.15. The molecule has 2 N–H and O–H groups in total. The Morgan fingerprint density at radius 2 is 2.21 bits per heavy atom. The molecule has 4 heteroatoms. The van der Waals surface area contributed by atoms with Gasteiger partial charge in [-0.25, -0.2) is 0 Å². The molecule has 1 aromatic carbocycles. The Kier molecular flexibility index (Phi) is 4.32. The lowest BCUT2D eigenvalue weighted by Gasteiger charge is -2.13. The molecule has 1 aromatic heterocycles. The molecule has 0 amide bonds. The number of aliphatic hydroxyl groups is 1. The van der Waals surface area contributed by atoms with Crippen LogP contribution in [0.25, 0.3) is 10.9 Å². The van der Waals surface area contributed by atoms with Gasteiger partial charge in [-0.1, -0.05) is 25.1 Å². The second-order valence-electron chi connectivity index (χ2n) is 4.45. The summed E-state index contributed by atoms with van der Waals surface area (Å²) in [4.78, 5) is 4.26. The number of benzene rings is 1. The van der Waals surface area contributed by atoms with E-state index >= 15 is 0 Å². The Hall–Kier alpha value is -2.12. The second-order valence-corrected chi connectivity index (χ2v) is 4.45. The van der Waals surface area contributed by atoms with E-state index in [0.717, 1.165) is 23.0 Å². The van der Waals surface area contributed by atoms with Crippen molar-refractivity contribution in [3.8, 4) is 6.07 Å². The van der Waals surface area contributed by atoms with Crippen molar-refractivity contribution in [3.05, 3.63) is 36.0 Å². The molecule has 0 aliphatic rings. The van der Waals surface area contributed by atoms with Crippen LogP contribution in [0.15, 0.2) is 30.5 Å². The maximum Gasteiger partial charge on any atom is 0.103 e. The Morgan fingerprint density at radius 1 is 1.42 bits per heavy atom. The number of rotatable bonds is 5. The normalized spacial score (nSPS) is 12.1. The highest BCUT2D eigenvalue weighted by Gasteiger charge is 2.08. The molecule has 0 fully saturated rings. The Morgan fingerprint density at radius 3 is 2.95 bits per heavy atom. The topological polar surface area (TPSA) is 68.9 Å². The first-order chi connectivity index (χ1) is 9.26. The van der Waals surface area contributed by atoms with Gasteiger partial charge in [0.15, 0.2) is 0 Å². The zero-order chi connectivity index (χ0) is 13.7. The van der Waals surface area contributed by atoms with E-state index in [9.17, 15) is 5.11 Å². The van der Waals surface area contributed by atoms with Crippen molar-refractivity contribution in [1.29, 1.82) is 5.26 Å². The number of fused-ring (bicyclic) bond motifs is 1. The van der Waals surface area contributed by atoms with Crippen LogP contribution in [0.5, 0.6) is 0 Å². The fourth-order valence-electron chi connectivity index (χ4n) is 1.98. The maximum atomic E-state index is 9.56. The number of nitriles is 1. The van der Waals surface area contributed by atoms with Crippen LogP contribution in [-0.4, -0.2) is 22.7 Å². The minimum atomic E-state index is -0.300. The molecule has 1 atom stereocenters. The van der Waals surface area contributed by atoms with E-state index in [0.29, 0.717) is 18.5 Å². The number of anilines is 1. The minimum absolute atomic E-state index is 0.300. The molecule has 2 aromatic rings. The average molecular weight is 255 g/mol. The first-order valence-corrected chi connectivity index (χ1v) is 6.46. The average Bonchev–Trinajstić information content (AvgIpc) is 2.47. The molecule has 4 nitrogen and oxygen atoms in total. The Labute approximate surface area is 112 Å². The van der Waals surface area contributed by atoms with Crippen molar-refractivity contribution in [2.45, 2.75) is 25.9 Å². The summed E-state index contributed by atoms with van der Waals surface area (Å²) in [6.45, 7) is 2.59. The number of pyridine rings is 1. The van der Waals surface area contributed by atoms with Gasteiger partial charge >= 0.3 is 0 Å². The first kappa shape index (κ1) is 13.3. The van der Waals surface area contributed by atoms with Crippen molar-refractivity contribution in [1.82, 2.24) is 4.98 Å². The zero-order valence-electron chi connectivity index (χ0n) is 10.9. The van der Waals surface area contributed by atoms with E-state index in [1.165, 1.54) is 0 Å². The number of aromatic nitrogens is 1. The SMILES string of the molecule is CCC(O)CCNc1c(C#N)cnc2ccccc12. The van der Waals surface area contributed by atoms with Crippen molar-refractivity contribution < 1.29 is 5.11 Å². The van der Waals surface area contributed by atoms with Gasteiger partial charge < -0.3 is 10.4 Å². The summed E-state index contributed by atoms with van der Waals surface area (Å²) in [6, 6.07) is 9.87. The molecule has 19 heavy (non-hydrogen) atoms. The van der Waals surface area contributed by atoms with Crippen LogP contribution in [0.2, 0.25) is 0 Å². The summed E-state index contributed by atoms with van der Waals surface area (Å²) in [6.07, 6.45) is 2.69. The van der Waals surface area contributed by atoms with Crippen LogP contribution in [0, 0.1) is 11.3 Å². The predicted molar refractivity (Wildman–Crippen MR) is 75.9 cm³/mol. The van der Waals surface area contributed by atoms with Gasteiger partial charge in [0.1, 0.15) is 6.07 Å². The summed E-state index contributed by atoms with van der Waals surface area (Å²) in [5.41, 5.74) is 2.20. The summed E-state index contributed by atoms with van der Waals surface area (Å²) in [7, 11) is 0. The number of aliphatic hydroxyl groups excluding tert-OH is 1. The molecule has 98 valence electrons. The quantitative estimate of drug-likeness (QED) is 0.861. The largest absolute Gasteiger partial charge is 0.393 e. The second kappa shape index (κ2) is 6.17. The summed E-state index contributed by atoms with van der Waals surface area (Å²) >= 11 is 0. The van der Waals surface area contributed by atoms with Gasteiger partial charge in [-0.2, -0.15) is 5.26 Å². The van der Waals surface area contributed by atoms with Crippen molar-refractivity contribution >= 4 is 16.6 Å². The van der Waals surface area contributed by atoms with E-state index in [4.69, 9.17) is 5.26 Å². The van der Waals surface area contributed by atoms with E-state index in [2.05, 4.69) is 16.4 Å². The number of nitrogens with zero attached hydrogens (tertiary/aromatic N) is 2. The Bertz CT molecular complexity index is 604. The summed E-state index contributed by atoms with van der Waals surface area (Å²) in [5.74, 6) is 0. The molecule has 0 spiro atoms. The molecule has 2 rings (SSSR count). The highest BCUT2D eigenvalue weighted by molar-refractivity contribution is 5.93. The standard InChI is InChI=1S/C15H17N3O/c1-2-12(19)7-8-17-15-11(9-16)10-18-14-6-4-3-5-13(14)15/h3-6,10,12,19H,2,7-8H2,1H3,(H,17,18). The Balaban J connectivity index is 2.27. The molecule has 0 aliphatic heterocycles. The molecular weight excluding hydrogens is 238 g/mol. The lowest BCUT2D eigenvalue weighted by atomic mass is 10.1. The van der Waals surface area contributed by atoms with E-state index in [1.54, 1.807) is 6.20 Å². The maximum absolute atomic E-state index is 9.56. The van der Waals surface area contributed by atoms with Crippen molar-refractivity contribution in [2.75, 3.05) is 11.9 Å². The molecule has 0 radical (unpaired) electrons. The monoisotopic (exact) mass is 255 g/mol. The first-order valence-electron chi connectivity index (χ1n) is 6.46. The van der Waals surface area contributed by atoms with Crippen LogP contribution in [-0.2, 0) is 0 Å². The van der Waals surface area contributed by atoms with Crippen LogP contribution < -0.4 is 5.32 Å². The molecule has 0 bridgehead atoms. The fraction of sp³-hybridized carbons (Fsp3) is 0.333. The van der Waals surface area contributed by atoms with E-state index in [1.807, 2.05) is 31.2 Å². The van der Waals surface area contributed by atoms with Gasteiger partial charge in [-0.3, -0.25) is 4.98 Å². The zero-order valence-corrected chi connectivity index (χ0v) is 10.9. The van der Waals surface area contributed by atoms with Gasteiger partial charge in [-0.05, 0) is 18.9 Å². The van der Waals surface area contributed by atoms with Crippen molar-refractivity contribution in [3.63, 3.8) is 0 Å². The highest BCUT2D eigenvalue weighted by Crippen LogP contribution is 2.25. The van der Waals surface area contributed by atoms with Crippen LogP contribution in [0.4, 0.5) is 5.69 Å². The van der Waals surface area contributed by atoms with E-state index in [-0.39, 0.29) is 6.10 Å². The molecule has 0 aliphatic carbocycles. The lowest BCUT2D eigenvalue weighted by Crippen LogP contribution is -2.13. The van der Waals surface area contributed by atoms with Crippen LogP contribution in [0.3, 0.4) is 0 Å². The van der Waals surface area contributed by atoms with Gasteiger partial charge in [0.2, 0.25) is 0 Å². The number of hydrogen-bond acceptors (Lipinski definition) is 4. The van der Waals surface area contributed by atoms with Gasteiger partial charge in [0.25, 0.3) is 0 Å². The van der Waals surface area contributed by atoms with Crippen LogP contribution >= 0.6 is 0 Å². The minimum Gasteiger partial charge on any atom is -0.393 e. The molecule has 1 heterocycles. The summed E-state index contributed by atoms with van der Waals surface area (Å²) < 4.78 is 0. The smallest absolute Gasteiger partial charge is 0.103 e. The fourth-order valence-corrected chi connectivity index (χ4v) is 1.98. The number of nitrogens with one attached hydrogen (secondary N) is 1. The van der Waals surface area contributed by atoms with E-state index < -0.39 is 0 Å². The predicted octanol–water partition coefficient (Wildman–Crippen LogP) is 2.68. The van der Waals surface area contributed by atoms with Crippen molar-refractivity contribution in [2.24, 2.45) is 0 Å². The lowest BCUT2D eigenvalue weighted by molar-refractivity contribution is 0.164. The third-order valence-corrected chi connectivity index (χ3v) is 3.15. The molecule has 0 saturated carbocycles. The van der Waals surface area contributed by atoms with Gasteiger partial charge in [0, 0.05) is 18.1 Å². The molecule has 0 saturated heterocycles. The van der Waals surface area contributed by atoms with Gasteiger partial charge in [0.05, 0.1) is 22.9 Å². The molecular formula is C15H17N3O. The van der Waals surface area contributed by atoms with Crippen LogP contribution in [0.1, 0.15) is 25.3 Å². The molecule has 1 unspecified atom stereocenters. The number of hydrogen-bond donors (Lipinski definition) is 2. The summed E-state index contributed by atoms with van der Waals surface area (Å²) in [5, 5.41) is 22.9. The van der Waals surface area contributed by atoms with Gasteiger partial charge in [-0.15, -0.1) is 0 Å². The highest BCUT2D eigenvalue weighted by atomic mass is 16.3. The third kappa shape index (κ3) is 3.01. The number of para-hydroxylation sites is 1.